The van der Waals surface area contributed by atoms with E-state index < -0.39 is 11.9 Å². The number of carbonyl (C=O) groups excluding carboxylic acids is 1. The first-order valence-corrected chi connectivity index (χ1v) is 8.06. The van der Waals surface area contributed by atoms with E-state index in [2.05, 4.69) is 10.3 Å². The van der Waals surface area contributed by atoms with Gasteiger partial charge in [-0.05, 0) is 37.3 Å². The van der Waals surface area contributed by atoms with Crippen molar-refractivity contribution in [3.8, 4) is 0 Å². The molecule has 21 heavy (non-hydrogen) atoms. The summed E-state index contributed by atoms with van der Waals surface area (Å²) >= 11 is 1.23. The summed E-state index contributed by atoms with van der Waals surface area (Å²) in [7, 11) is 0. The normalized spacial score (nSPS) is 13.5. The number of amides is 1. The summed E-state index contributed by atoms with van der Waals surface area (Å²) in [6, 6.07) is 1.69. The largest absolute Gasteiger partial charge is 0.481 e. The first kappa shape index (κ1) is 15.6. The molecule has 1 aromatic heterocycles. The van der Waals surface area contributed by atoms with Gasteiger partial charge in [0.15, 0.2) is 0 Å². The van der Waals surface area contributed by atoms with Gasteiger partial charge in [-0.3, -0.25) is 14.4 Å². The van der Waals surface area contributed by atoms with Crippen molar-refractivity contribution in [3.05, 3.63) is 33.2 Å². The van der Waals surface area contributed by atoms with E-state index >= 15 is 0 Å². The number of carboxylic acid groups (broad SMARTS) is 1. The Morgan fingerprint density at radius 2 is 2.10 bits per heavy atom. The van der Waals surface area contributed by atoms with Crippen molar-refractivity contribution in [2.75, 3.05) is 18.1 Å². The molecule has 0 atom stereocenters. The van der Waals surface area contributed by atoms with Crippen LogP contribution < -0.4 is 10.9 Å². The fourth-order valence-corrected chi connectivity index (χ4v) is 2.90. The molecule has 1 aromatic rings. The maximum Gasteiger partial charge on any atom is 0.313 e. The van der Waals surface area contributed by atoms with Crippen LogP contribution in [0.15, 0.2) is 10.9 Å². The van der Waals surface area contributed by atoms with Crippen molar-refractivity contribution < 1.29 is 14.7 Å². The van der Waals surface area contributed by atoms with E-state index in [4.69, 9.17) is 5.11 Å². The van der Waals surface area contributed by atoms with Crippen molar-refractivity contribution in [2.45, 2.75) is 25.7 Å². The highest BCUT2D eigenvalue weighted by Gasteiger charge is 2.16. The number of pyridine rings is 1. The van der Waals surface area contributed by atoms with Crippen molar-refractivity contribution in [3.63, 3.8) is 0 Å². The van der Waals surface area contributed by atoms with E-state index in [9.17, 15) is 14.4 Å². The van der Waals surface area contributed by atoms with Crippen LogP contribution in [0, 0.1) is 0 Å². The molecule has 0 fully saturated rings. The maximum atomic E-state index is 12.0. The molecule has 1 heterocycles. The molecule has 0 spiro atoms. The van der Waals surface area contributed by atoms with Crippen LogP contribution in [0.25, 0.3) is 0 Å². The second-order valence-electron chi connectivity index (χ2n) is 4.93. The summed E-state index contributed by atoms with van der Waals surface area (Å²) in [5, 5.41) is 11.1. The number of fused-ring (bicyclic) bond motifs is 1. The summed E-state index contributed by atoms with van der Waals surface area (Å²) in [6.45, 7) is 0.341. The first-order valence-electron chi connectivity index (χ1n) is 6.90. The molecule has 7 heteroatoms. The number of hydrogen-bond donors (Lipinski definition) is 3. The van der Waals surface area contributed by atoms with Crippen molar-refractivity contribution in [1.82, 2.24) is 10.3 Å². The molecule has 3 N–H and O–H groups in total. The average molecular weight is 310 g/mol. The second kappa shape index (κ2) is 7.31. The smallest absolute Gasteiger partial charge is 0.313 e. The minimum absolute atomic E-state index is 0.00923. The maximum absolute atomic E-state index is 12.0. The average Bonchev–Trinajstić information content (AvgIpc) is 2.45. The van der Waals surface area contributed by atoms with Crippen LogP contribution in [-0.2, 0) is 17.6 Å². The van der Waals surface area contributed by atoms with Crippen molar-refractivity contribution in [2.24, 2.45) is 0 Å². The van der Waals surface area contributed by atoms with Gasteiger partial charge < -0.3 is 15.4 Å². The minimum atomic E-state index is -0.877. The lowest BCUT2D eigenvalue weighted by Gasteiger charge is -2.15. The molecule has 0 saturated heterocycles. The summed E-state index contributed by atoms with van der Waals surface area (Å²) in [5.74, 6) is -0.770. The minimum Gasteiger partial charge on any atom is -0.481 e. The van der Waals surface area contributed by atoms with Gasteiger partial charge in [0, 0.05) is 18.0 Å². The van der Waals surface area contributed by atoms with Gasteiger partial charge in [-0.2, -0.15) is 0 Å². The highest BCUT2D eigenvalue weighted by Crippen LogP contribution is 2.18. The van der Waals surface area contributed by atoms with Gasteiger partial charge in [0.1, 0.15) is 5.56 Å². The van der Waals surface area contributed by atoms with Gasteiger partial charge >= 0.3 is 5.97 Å². The zero-order valence-corrected chi connectivity index (χ0v) is 12.4. The van der Waals surface area contributed by atoms with E-state index in [1.165, 1.54) is 11.8 Å². The van der Waals surface area contributed by atoms with Gasteiger partial charge in [0.05, 0.1) is 5.75 Å². The SMILES string of the molecule is O=C(O)CSCCNC(=O)c1cc2c([nH]c1=O)CCCC2. The molecule has 1 aliphatic carbocycles. The predicted octanol–water partition coefficient (Wildman–Crippen LogP) is 0.801. The van der Waals surface area contributed by atoms with Crippen LogP contribution in [-0.4, -0.2) is 40.0 Å². The van der Waals surface area contributed by atoms with E-state index in [0.29, 0.717) is 12.3 Å². The molecule has 114 valence electrons. The van der Waals surface area contributed by atoms with E-state index in [-0.39, 0.29) is 16.9 Å². The Bertz CT molecular complexity index is 597. The highest BCUT2D eigenvalue weighted by molar-refractivity contribution is 7.99. The van der Waals surface area contributed by atoms with Gasteiger partial charge in [-0.25, -0.2) is 0 Å². The molecule has 1 amide bonds. The Morgan fingerprint density at radius 1 is 1.33 bits per heavy atom. The molecule has 0 aliphatic heterocycles. The first-order chi connectivity index (χ1) is 10.1. The third-order valence-corrected chi connectivity index (χ3v) is 4.28. The zero-order valence-electron chi connectivity index (χ0n) is 11.6. The fourth-order valence-electron chi connectivity index (χ4n) is 2.33. The third-order valence-electron chi connectivity index (χ3n) is 3.34. The molecule has 2 rings (SSSR count). The second-order valence-corrected chi connectivity index (χ2v) is 6.03. The number of H-pyrrole nitrogens is 1. The van der Waals surface area contributed by atoms with Gasteiger partial charge in [-0.15, -0.1) is 11.8 Å². The number of aromatic nitrogens is 1. The lowest BCUT2D eigenvalue weighted by molar-refractivity contribution is -0.133. The Labute approximate surface area is 126 Å². The molecule has 1 aliphatic rings. The number of carboxylic acids is 1. The predicted molar refractivity (Wildman–Crippen MR) is 81.0 cm³/mol. The number of aryl methyl sites for hydroxylation is 2. The lowest BCUT2D eigenvalue weighted by atomic mass is 9.95. The number of carbonyl (C=O) groups is 2. The number of thioether (sulfide) groups is 1. The van der Waals surface area contributed by atoms with Crippen LogP contribution in [0.5, 0.6) is 0 Å². The van der Waals surface area contributed by atoms with Crippen molar-refractivity contribution in [1.29, 1.82) is 0 Å². The third kappa shape index (κ3) is 4.35. The van der Waals surface area contributed by atoms with E-state index in [1.54, 1.807) is 6.07 Å². The molecule has 0 radical (unpaired) electrons. The monoisotopic (exact) mass is 310 g/mol. The van der Waals surface area contributed by atoms with Crippen LogP contribution in [0.1, 0.15) is 34.5 Å². The topological polar surface area (TPSA) is 99.3 Å². The Hall–Kier alpha value is -1.76. The quantitative estimate of drug-likeness (QED) is 0.675. The summed E-state index contributed by atoms with van der Waals surface area (Å²) in [4.78, 5) is 37.0. The number of nitrogens with one attached hydrogen (secondary N) is 2. The fraction of sp³-hybridized carbons (Fsp3) is 0.500. The number of aromatic amines is 1. The number of aliphatic carboxylic acids is 1. The highest BCUT2D eigenvalue weighted by atomic mass is 32.2. The van der Waals surface area contributed by atoms with Crippen LogP contribution in [0.4, 0.5) is 0 Å². The van der Waals surface area contributed by atoms with Crippen molar-refractivity contribution >= 4 is 23.6 Å². The molecule has 0 aromatic carbocycles. The van der Waals surface area contributed by atoms with Crippen LogP contribution in [0.2, 0.25) is 0 Å². The Morgan fingerprint density at radius 3 is 2.86 bits per heavy atom. The van der Waals surface area contributed by atoms with E-state index in [0.717, 1.165) is 36.9 Å². The zero-order chi connectivity index (χ0) is 15.2. The number of rotatable bonds is 6. The molecular weight excluding hydrogens is 292 g/mol. The lowest BCUT2D eigenvalue weighted by Crippen LogP contribution is -2.32. The summed E-state index contributed by atoms with van der Waals surface area (Å²) in [5.41, 5.74) is 1.77. The van der Waals surface area contributed by atoms with Crippen LogP contribution >= 0.6 is 11.8 Å². The molecule has 0 saturated carbocycles. The Balaban J connectivity index is 1.93. The molecule has 0 bridgehead atoms. The Kier molecular flexibility index (Phi) is 5.44. The summed E-state index contributed by atoms with van der Waals surface area (Å²) in [6.07, 6.45) is 3.89. The van der Waals surface area contributed by atoms with Crippen LogP contribution in [0.3, 0.4) is 0 Å². The van der Waals surface area contributed by atoms with Gasteiger partial charge in [0.25, 0.3) is 11.5 Å². The summed E-state index contributed by atoms with van der Waals surface area (Å²) < 4.78 is 0. The number of hydrogen-bond acceptors (Lipinski definition) is 4. The van der Waals surface area contributed by atoms with E-state index in [1.807, 2.05) is 0 Å². The molecule has 0 unspecified atom stereocenters. The standard InChI is InChI=1S/C14H18N2O4S/c17-12(18)8-21-6-5-15-13(19)10-7-9-3-1-2-4-11(9)16-14(10)20/h7H,1-6,8H2,(H,15,19)(H,16,20)(H,17,18). The van der Waals surface area contributed by atoms with Gasteiger partial charge in [0.2, 0.25) is 0 Å². The van der Waals surface area contributed by atoms with Gasteiger partial charge in [-0.1, -0.05) is 0 Å². The molecular formula is C14H18N2O4S. The molecule has 6 nitrogen and oxygen atoms in total.